The lowest BCUT2D eigenvalue weighted by Crippen LogP contribution is -2.36. The van der Waals surface area contributed by atoms with Gasteiger partial charge in [0.05, 0.1) is 18.9 Å². The van der Waals surface area contributed by atoms with Crippen molar-refractivity contribution in [1.82, 2.24) is 5.32 Å². The van der Waals surface area contributed by atoms with Gasteiger partial charge in [-0.3, -0.25) is 14.4 Å². The molecule has 4 amide bonds. The predicted octanol–water partition coefficient (Wildman–Crippen LogP) is 3.09. The average Bonchev–Trinajstić information content (AvgIpc) is 3.24. The molecule has 2 aromatic carbocycles. The molecule has 0 aromatic heterocycles. The fourth-order valence-electron chi connectivity index (χ4n) is 4.00. The number of rotatable bonds is 9. The van der Waals surface area contributed by atoms with Crippen LogP contribution in [-0.4, -0.2) is 46.2 Å². The fraction of sp³-hybridized carbons (Fsp3) is 0.360. The summed E-state index contributed by atoms with van der Waals surface area (Å²) in [7, 11) is 0. The Bertz CT molecular complexity index is 1070. The minimum Gasteiger partial charge on any atom is -0.481 e. The van der Waals surface area contributed by atoms with E-state index in [1.54, 1.807) is 24.3 Å². The third-order valence-electron chi connectivity index (χ3n) is 5.80. The smallest absolute Gasteiger partial charge is 0.323 e. The number of nitrogens with one attached hydrogen (secondary N) is 4. The molecule has 10 heteroatoms. The van der Waals surface area contributed by atoms with Gasteiger partial charge in [-0.25, -0.2) is 4.79 Å². The molecule has 186 valence electrons. The van der Waals surface area contributed by atoms with Crippen LogP contribution in [0.2, 0.25) is 0 Å². The third-order valence-corrected chi connectivity index (χ3v) is 5.80. The van der Waals surface area contributed by atoms with Crippen molar-refractivity contribution < 1.29 is 29.4 Å². The molecule has 0 spiro atoms. The van der Waals surface area contributed by atoms with Gasteiger partial charge >= 0.3 is 12.0 Å². The van der Waals surface area contributed by atoms with Gasteiger partial charge in [0, 0.05) is 29.0 Å². The number of hydrogen-bond donors (Lipinski definition) is 6. The molecule has 1 aliphatic carbocycles. The van der Waals surface area contributed by atoms with Gasteiger partial charge in [-0.05, 0) is 62.1 Å². The van der Waals surface area contributed by atoms with Gasteiger partial charge in [0.2, 0.25) is 11.8 Å². The number of aliphatic hydroxyl groups is 1. The fourth-order valence-corrected chi connectivity index (χ4v) is 4.00. The van der Waals surface area contributed by atoms with E-state index in [0.717, 1.165) is 11.3 Å². The van der Waals surface area contributed by atoms with Crippen molar-refractivity contribution >= 4 is 40.9 Å². The van der Waals surface area contributed by atoms with E-state index in [9.17, 15) is 24.3 Å². The zero-order chi connectivity index (χ0) is 25.4. The van der Waals surface area contributed by atoms with Gasteiger partial charge in [-0.1, -0.05) is 18.2 Å². The maximum absolute atomic E-state index is 12.6. The first kappa shape index (κ1) is 25.7. The molecule has 10 nitrogen and oxygen atoms in total. The summed E-state index contributed by atoms with van der Waals surface area (Å²) in [4.78, 5) is 47.4. The van der Waals surface area contributed by atoms with Gasteiger partial charge in [0.15, 0.2) is 0 Å². The largest absolute Gasteiger partial charge is 0.481 e. The van der Waals surface area contributed by atoms with Crippen LogP contribution in [0.1, 0.15) is 37.7 Å². The molecule has 1 aliphatic rings. The monoisotopic (exact) mass is 482 g/mol. The SMILES string of the molecule is Cc1ccccc1NC(=O)Nc1ccc(NC(=O)[C@@H]2CC[C@H](NC(=O)C[C@@H](O)CC(=O)O)C2)cc1. The zero-order valence-electron chi connectivity index (χ0n) is 19.4. The lowest BCUT2D eigenvalue weighted by molar-refractivity contribution is -0.139. The number of para-hydroxylation sites is 1. The van der Waals surface area contributed by atoms with E-state index in [-0.39, 0.29) is 30.3 Å². The Morgan fingerprint density at radius 3 is 2.23 bits per heavy atom. The number of aliphatic carboxylic acids is 1. The summed E-state index contributed by atoms with van der Waals surface area (Å²) in [5.74, 6) is -2.04. The van der Waals surface area contributed by atoms with Crippen LogP contribution < -0.4 is 21.3 Å². The van der Waals surface area contributed by atoms with Crippen molar-refractivity contribution in [3.05, 3.63) is 54.1 Å². The number of carbonyl (C=O) groups excluding carboxylic acids is 3. The Hall–Kier alpha value is -3.92. The summed E-state index contributed by atoms with van der Waals surface area (Å²) in [5.41, 5.74) is 2.83. The maximum Gasteiger partial charge on any atom is 0.323 e. The van der Waals surface area contributed by atoms with E-state index in [4.69, 9.17) is 5.11 Å². The van der Waals surface area contributed by atoms with Crippen LogP contribution in [0.15, 0.2) is 48.5 Å². The van der Waals surface area contributed by atoms with Crippen molar-refractivity contribution in [2.24, 2.45) is 5.92 Å². The highest BCUT2D eigenvalue weighted by Gasteiger charge is 2.31. The second-order valence-electron chi connectivity index (χ2n) is 8.69. The van der Waals surface area contributed by atoms with E-state index in [1.165, 1.54) is 0 Å². The Morgan fingerprint density at radius 2 is 1.57 bits per heavy atom. The average molecular weight is 483 g/mol. The van der Waals surface area contributed by atoms with Gasteiger partial charge in [0.1, 0.15) is 0 Å². The number of carbonyl (C=O) groups is 4. The molecule has 0 heterocycles. The molecule has 2 aromatic rings. The topological polar surface area (TPSA) is 157 Å². The minimum absolute atomic E-state index is 0.161. The van der Waals surface area contributed by atoms with E-state index in [1.807, 2.05) is 31.2 Å². The van der Waals surface area contributed by atoms with Crippen molar-refractivity contribution in [2.45, 2.75) is 51.2 Å². The molecular formula is C25H30N4O6. The van der Waals surface area contributed by atoms with Crippen LogP contribution in [0.25, 0.3) is 0 Å². The van der Waals surface area contributed by atoms with E-state index in [2.05, 4.69) is 21.3 Å². The summed E-state index contributed by atoms with van der Waals surface area (Å²) in [5, 5.41) is 29.4. The first-order chi connectivity index (χ1) is 16.7. The van der Waals surface area contributed by atoms with Gasteiger partial charge < -0.3 is 31.5 Å². The van der Waals surface area contributed by atoms with Crippen molar-refractivity contribution in [3.8, 4) is 0 Å². The summed E-state index contributed by atoms with van der Waals surface area (Å²) < 4.78 is 0. The van der Waals surface area contributed by atoms with Crippen molar-refractivity contribution in [3.63, 3.8) is 0 Å². The summed E-state index contributed by atoms with van der Waals surface area (Å²) in [6, 6.07) is 13.6. The maximum atomic E-state index is 12.6. The summed E-state index contributed by atoms with van der Waals surface area (Å²) in [6.07, 6.45) is -0.326. The van der Waals surface area contributed by atoms with Crippen molar-refractivity contribution in [2.75, 3.05) is 16.0 Å². The summed E-state index contributed by atoms with van der Waals surface area (Å²) >= 11 is 0. The van der Waals surface area contributed by atoms with Crippen LogP contribution in [0, 0.1) is 12.8 Å². The number of carboxylic acid groups (broad SMARTS) is 1. The van der Waals surface area contributed by atoms with Gasteiger partial charge in [0.25, 0.3) is 0 Å². The lowest BCUT2D eigenvalue weighted by Gasteiger charge is -2.15. The number of aryl methyl sites for hydroxylation is 1. The van der Waals surface area contributed by atoms with Crippen LogP contribution >= 0.6 is 0 Å². The van der Waals surface area contributed by atoms with Crippen LogP contribution in [-0.2, 0) is 14.4 Å². The Balaban J connectivity index is 1.43. The molecule has 0 radical (unpaired) electrons. The van der Waals surface area contributed by atoms with Crippen molar-refractivity contribution in [1.29, 1.82) is 0 Å². The molecule has 1 fully saturated rings. The van der Waals surface area contributed by atoms with Crippen LogP contribution in [0.4, 0.5) is 21.9 Å². The molecule has 6 N–H and O–H groups in total. The highest BCUT2D eigenvalue weighted by Crippen LogP contribution is 2.27. The first-order valence-corrected chi connectivity index (χ1v) is 11.4. The number of aliphatic hydroxyl groups excluding tert-OH is 1. The number of anilines is 3. The number of benzene rings is 2. The molecule has 0 unspecified atom stereocenters. The number of hydrogen-bond acceptors (Lipinski definition) is 5. The van der Waals surface area contributed by atoms with E-state index >= 15 is 0 Å². The lowest BCUT2D eigenvalue weighted by atomic mass is 10.1. The highest BCUT2D eigenvalue weighted by molar-refractivity contribution is 6.00. The predicted molar refractivity (Wildman–Crippen MR) is 131 cm³/mol. The Kier molecular flexibility index (Phi) is 8.80. The molecule has 3 rings (SSSR count). The standard InChI is InChI=1S/C25H30N4O6/c1-15-4-2-3-5-21(15)29-25(35)28-18-10-8-17(9-11-18)27-24(34)16-6-7-19(12-16)26-22(31)13-20(30)14-23(32)33/h2-5,8-11,16,19-20,30H,6-7,12-14H2,1H3,(H,26,31)(H,27,34)(H,32,33)(H2,28,29,35)/t16-,19+,20-/m1/s1. The second-order valence-corrected chi connectivity index (χ2v) is 8.69. The summed E-state index contributed by atoms with van der Waals surface area (Å²) in [6.45, 7) is 1.90. The van der Waals surface area contributed by atoms with E-state index < -0.39 is 24.4 Å². The van der Waals surface area contributed by atoms with Gasteiger partial charge in [-0.2, -0.15) is 0 Å². The number of urea groups is 1. The normalized spacial score (nSPS) is 17.8. The van der Waals surface area contributed by atoms with E-state index in [0.29, 0.717) is 30.6 Å². The molecule has 0 bridgehead atoms. The first-order valence-electron chi connectivity index (χ1n) is 11.4. The second kappa shape index (κ2) is 12.0. The highest BCUT2D eigenvalue weighted by atomic mass is 16.4. The number of amides is 4. The van der Waals surface area contributed by atoms with Gasteiger partial charge in [-0.15, -0.1) is 0 Å². The third kappa shape index (κ3) is 8.11. The molecule has 0 saturated heterocycles. The molecule has 0 aliphatic heterocycles. The minimum atomic E-state index is -1.24. The Morgan fingerprint density at radius 1 is 0.914 bits per heavy atom. The number of carboxylic acids is 1. The molecular weight excluding hydrogens is 452 g/mol. The molecule has 3 atom stereocenters. The quantitative estimate of drug-likeness (QED) is 0.322. The van der Waals surface area contributed by atoms with Crippen LogP contribution in [0.3, 0.4) is 0 Å². The molecule has 1 saturated carbocycles. The van der Waals surface area contributed by atoms with Crippen LogP contribution in [0.5, 0.6) is 0 Å². The molecule has 35 heavy (non-hydrogen) atoms. The Labute approximate surface area is 203 Å². The zero-order valence-corrected chi connectivity index (χ0v) is 19.4.